The molecule has 0 aliphatic heterocycles. The number of rotatable bonds is 5. The van der Waals surface area contributed by atoms with E-state index in [4.69, 9.17) is 0 Å². The molecule has 5 rings (SSSR count). The van der Waals surface area contributed by atoms with Crippen molar-refractivity contribution >= 4 is 34.2 Å². The van der Waals surface area contributed by atoms with Gasteiger partial charge in [-0.1, -0.05) is 66.2 Å². The molecule has 0 spiro atoms. The fourth-order valence-electron chi connectivity index (χ4n) is 3.59. The summed E-state index contributed by atoms with van der Waals surface area (Å²) in [5.41, 5.74) is 6.80. The molecule has 0 atom stereocenters. The SMILES string of the molecule is Cc1ccc(-n2nc(C(=O)N/N=C\c3cccs3)cc2-c2cccc3ccccc23)cc1. The number of amides is 1. The van der Waals surface area contributed by atoms with Crippen molar-refractivity contribution in [1.29, 1.82) is 0 Å². The number of carbonyl (C=O) groups excluding carboxylic acids is 1. The zero-order valence-corrected chi connectivity index (χ0v) is 18.2. The summed E-state index contributed by atoms with van der Waals surface area (Å²) in [7, 11) is 0. The van der Waals surface area contributed by atoms with Gasteiger partial charge in [0.15, 0.2) is 5.69 Å². The van der Waals surface area contributed by atoms with E-state index < -0.39 is 0 Å². The Morgan fingerprint density at radius 2 is 1.81 bits per heavy atom. The number of nitrogens with one attached hydrogen (secondary N) is 1. The molecular weight excluding hydrogens is 416 g/mol. The molecule has 2 heterocycles. The summed E-state index contributed by atoms with van der Waals surface area (Å²) in [6.07, 6.45) is 1.63. The highest BCUT2D eigenvalue weighted by atomic mass is 32.1. The molecule has 1 N–H and O–H groups in total. The molecule has 5 aromatic rings. The van der Waals surface area contributed by atoms with Crippen LogP contribution in [0, 0.1) is 6.92 Å². The van der Waals surface area contributed by atoms with Crippen LogP contribution in [0.5, 0.6) is 0 Å². The molecule has 0 bridgehead atoms. The lowest BCUT2D eigenvalue weighted by Gasteiger charge is -2.10. The Labute approximate surface area is 189 Å². The number of aromatic nitrogens is 2. The highest BCUT2D eigenvalue weighted by molar-refractivity contribution is 7.11. The number of aryl methyl sites for hydroxylation is 1. The number of carbonyl (C=O) groups is 1. The smallest absolute Gasteiger partial charge is 0.265 e. The third kappa shape index (κ3) is 3.96. The molecule has 0 saturated heterocycles. The van der Waals surface area contributed by atoms with Crippen LogP contribution in [-0.2, 0) is 0 Å². The number of hydrazone groups is 1. The minimum Gasteiger partial charge on any atom is -0.265 e. The van der Waals surface area contributed by atoms with Gasteiger partial charge in [0.05, 0.1) is 17.6 Å². The third-order valence-electron chi connectivity index (χ3n) is 5.19. The summed E-state index contributed by atoms with van der Waals surface area (Å²) in [4.78, 5) is 13.8. The number of fused-ring (bicyclic) bond motifs is 1. The van der Waals surface area contributed by atoms with E-state index >= 15 is 0 Å². The topological polar surface area (TPSA) is 59.3 Å². The van der Waals surface area contributed by atoms with Crippen LogP contribution in [0.1, 0.15) is 20.9 Å². The first kappa shape index (κ1) is 19.9. The van der Waals surface area contributed by atoms with Crippen LogP contribution in [-0.4, -0.2) is 21.9 Å². The van der Waals surface area contributed by atoms with Crippen molar-refractivity contribution in [2.24, 2.45) is 5.10 Å². The first-order valence-electron chi connectivity index (χ1n) is 10.2. The minimum atomic E-state index is -0.356. The van der Waals surface area contributed by atoms with E-state index in [2.05, 4.69) is 39.9 Å². The van der Waals surface area contributed by atoms with Gasteiger partial charge in [0, 0.05) is 10.4 Å². The highest BCUT2D eigenvalue weighted by Crippen LogP contribution is 2.31. The van der Waals surface area contributed by atoms with E-state index in [1.54, 1.807) is 17.6 Å². The highest BCUT2D eigenvalue weighted by Gasteiger charge is 2.18. The van der Waals surface area contributed by atoms with E-state index in [-0.39, 0.29) is 5.91 Å². The zero-order chi connectivity index (χ0) is 21.9. The Kier molecular flexibility index (Phi) is 5.35. The molecule has 6 heteroatoms. The summed E-state index contributed by atoms with van der Waals surface area (Å²) in [6, 6.07) is 28.1. The predicted molar refractivity (Wildman–Crippen MR) is 131 cm³/mol. The molecule has 0 aliphatic carbocycles. The van der Waals surface area contributed by atoms with Gasteiger partial charge < -0.3 is 0 Å². The molecule has 3 aromatic carbocycles. The van der Waals surface area contributed by atoms with Crippen molar-refractivity contribution in [3.63, 3.8) is 0 Å². The van der Waals surface area contributed by atoms with Gasteiger partial charge in [-0.15, -0.1) is 11.3 Å². The number of hydrogen-bond acceptors (Lipinski definition) is 4. The Balaban J connectivity index is 1.58. The van der Waals surface area contributed by atoms with Crippen LogP contribution in [0.3, 0.4) is 0 Å². The number of nitrogens with zero attached hydrogens (tertiary/aromatic N) is 3. The van der Waals surface area contributed by atoms with E-state index in [9.17, 15) is 4.79 Å². The van der Waals surface area contributed by atoms with E-state index in [0.29, 0.717) is 5.69 Å². The van der Waals surface area contributed by atoms with Crippen molar-refractivity contribution in [3.8, 4) is 16.9 Å². The number of thiophene rings is 1. The van der Waals surface area contributed by atoms with Gasteiger partial charge in [-0.25, -0.2) is 10.1 Å². The third-order valence-corrected chi connectivity index (χ3v) is 5.99. The first-order chi connectivity index (χ1) is 15.7. The van der Waals surface area contributed by atoms with Crippen molar-refractivity contribution < 1.29 is 4.79 Å². The molecule has 0 unspecified atom stereocenters. The van der Waals surface area contributed by atoms with Crippen LogP contribution in [0.25, 0.3) is 27.7 Å². The summed E-state index contributed by atoms with van der Waals surface area (Å²) in [6.45, 7) is 2.04. The molecule has 0 saturated carbocycles. The maximum absolute atomic E-state index is 12.8. The lowest BCUT2D eigenvalue weighted by atomic mass is 10.0. The molecule has 156 valence electrons. The fourth-order valence-corrected chi connectivity index (χ4v) is 4.18. The molecule has 0 fully saturated rings. The Bertz CT molecular complexity index is 1410. The molecule has 0 aliphatic rings. The molecule has 1 amide bonds. The first-order valence-corrected chi connectivity index (χ1v) is 11.1. The monoisotopic (exact) mass is 436 g/mol. The maximum Gasteiger partial charge on any atom is 0.291 e. The van der Waals surface area contributed by atoms with Crippen LogP contribution < -0.4 is 5.43 Å². The molecular formula is C26H20N4OS. The van der Waals surface area contributed by atoms with Gasteiger partial charge in [0.1, 0.15) is 0 Å². The van der Waals surface area contributed by atoms with Crippen LogP contribution in [0.4, 0.5) is 0 Å². The van der Waals surface area contributed by atoms with Crippen molar-refractivity contribution in [2.45, 2.75) is 6.92 Å². The van der Waals surface area contributed by atoms with Gasteiger partial charge >= 0.3 is 0 Å². The summed E-state index contributed by atoms with van der Waals surface area (Å²) < 4.78 is 1.82. The van der Waals surface area contributed by atoms with Crippen LogP contribution in [0.15, 0.2) is 95.4 Å². The second kappa shape index (κ2) is 8.61. The molecule has 2 aromatic heterocycles. The van der Waals surface area contributed by atoms with Crippen LogP contribution >= 0.6 is 11.3 Å². The summed E-state index contributed by atoms with van der Waals surface area (Å²) in [5.74, 6) is -0.356. The molecule has 5 nitrogen and oxygen atoms in total. The standard InChI is InChI=1S/C26H20N4OS/c1-18-11-13-20(14-12-18)30-25(23-10-4-7-19-6-2-3-9-22(19)23)16-24(29-30)26(31)28-27-17-21-8-5-15-32-21/h2-17H,1H3,(H,28,31)/b27-17-. The largest absolute Gasteiger partial charge is 0.291 e. The van der Waals surface area contributed by atoms with Gasteiger partial charge in [0.25, 0.3) is 5.91 Å². The van der Waals surface area contributed by atoms with E-state index in [1.165, 1.54) is 0 Å². The minimum absolute atomic E-state index is 0.303. The molecule has 32 heavy (non-hydrogen) atoms. The van der Waals surface area contributed by atoms with Crippen molar-refractivity contribution in [1.82, 2.24) is 15.2 Å². The maximum atomic E-state index is 12.8. The quantitative estimate of drug-likeness (QED) is 0.278. The lowest BCUT2D eigenvalue weighted by Crippen LogP contribution is -2.18. The summed E-state index contributed by atoms with van der Waals surface area (Å²) >= 11 is 1.55. The average molecular weight is 437 g/mol. The van der Waals surface area contributed by atoms with Gasteiger partial charge in [-0.05, 0) is 47.3 Å². The van der Waals surface area contributed by atoms with Crippen LogP contribution in [0.2, 0.25) is 0 Å². The van der Waals surface area contributed by atoms with E-state index in [1.807, 2.05) is 77.6 Å². The molecule has 0 radical (unpaired) electrons. The fraction of sp³-hybridized carbons (Fsp3) is 0.0385. The summed E-state index contributed by atoms with van der Waals surface area (Å²) in [5, 5.41) is 12.9. The lowest BCUT2D eigenvalue weighted by molar-refractivity contribution is 0.0949. The Hall–Kier alpha value is -4.03. The zero-order valence-electron chi connectivity index (χ0n) is 17.4. The van der Waals surface area contributed by atoms with Gasteiger partial charge in [-0.3, -0.25) is 4.79 Å². The van der Waals surface area contributed by atoms with Gasteiger partial charge in [-0.2, -0.15) is 10.2 Å². The number of hydrogen-bond donors (Lipinski definition) is 1. The van der Waals surface area contributed by atoms with Gasteiger partial charge in [0.2, 0.25) is 0 Å². The Morgan fingerprint density at radius 1 is 1.00 bits per heavy atom. The van der Waals surface area contributed by atoms with Crippen molar-refractivity contribution in [3.05, 3.63) is 106 Å². The Morgan fingerprint density at radius 3 is 2.62 bits per heavy atom. The second-order valence-electron chi connectivity index (χ2n) is 7.40. The average Bonchev–Trinajstić information content (AvgIpc) is 3.49. The second-order valence-corrected chi connectivity index (χ2v) is 8.38. The number of benzene rings is 3. The van der Waals surface area contributed by atoms with E-state index in [0.717, 1.165) is 38.2 Å². The predicted octanol–water partition coefficient (Wildman–Crippen LogP) is 5.83. The normalized spacial score (nSPS) is 11.3. The van der Waals surface area contributed by atoms with Crippen molar-refractivity contribution in [2.75, 3.05) is 0 Å².